The standard InChI is InChI=1S/C11H12N6O3/c1-6-3-9(15-16(6)2)14-11-8(10(12)18)4-7(5-13-11)17(19)20/h3-5H,1-2H3,(H2,12,18)(H,13,14,15). The molecule has 2 rings (SSSR count). The van der Waals surface area contributed by atoms with Crippen molar-refractivity contribution in [2.24, 2.45) is 12.8 Å². The highest BCUT2D eigenvalue weighted by Crippen LogP contribution is 2.22. The number of nitrogens with zero attached hydrogens (tertiary/aromatic N) is 4. The highest BCUT2D eigenvalue weighted by molar-refractivity contribution is 5.98. The Morgan fingerprint density at radius 3 is 2.70 bits per heavy atom. The lowest BCUT2D eigenvalue weighted by atomic mass is 10.2. The molecule has 0 saturated heterocycles. The Hall–Kier alpha value is -2.97. The Kier molecular flexibility index (Phi) is 3.34. The van der Waals surface area contributed by atoms with Crippen LogP contribution in [0.15, 0.2) is 18.3 Å². The molecule has 2 heterocycles. The Morgan fingerprint density at radius 2 is 2.20 bits per heavy atom. The van der Waals surface area contributed by atoms with Gasteiger partial charge in [-0.05, 0) is 6.92 Å². The molecule has 0 radical (unpaired) electrons. The summed E-state index contributed by atoms with van der Waals surface area (Å²) in [4.78, 5) is 25.2. The minimum Gasteiger partial charge on any atom is -0.365 e. The van der Waals surface area contributed by atoms with Crippen LogP contribution in [0.25, 0.3) is 0 Å². The van der Waals surface area contributed by atoms with Crippen LogP contribution in [0.4, 0.5) is 17.3 Å². The van der Waals surface area contributed by atoms with Crippen LogP contribution < -0.4 is 11.1 Å². The highest BCUT2D eigenvalue weighted by Gasteiger charge is 2.17. The van der Waals surface area contributed by atoms with Crippen LogP contribution in [0, 0.1) is 17.0 Å². The number of pyridine rings is 1. The summed E-state index contributed by atoms with van der Waals surface area (Å²) in [6.07, 6.45) is 1.05. The molecule has 0 fully saturated rings. The molecule has 0 unspecified atom stereocenters. The van der Waals surface area contributed by atoms with E-state index < -0.39 is 10.8 Å². The van der Waals surface area contributed by atoms with Gasteiger partial charge >= 0.3 is 0 Å². The topological polar surface area (TPSA) is 129 Å². The molecule has 0 spiro atoms. The zero-order chi connectivity index (χ0) is 14.9. The van der Waals surface area contributed by atoms with Crippen LogP contribution in [-0.2, 0) is 7.05 Å². The summed E-state index contributed by atoms with van der Waals surface area (Å²) in [5, 5.41) is 17.6. The number of carbonyl (C=O) groups excluding carboxylic acids is 1. The van der Waals surface area contributed by atoms with Crippen molar-refractivity contribution in [1.29, 1.82) is 0 Å². The zero-order valence-corrected chi connectivity index (χ0v) is 10.8. The van der Waals surface area contributed by atoms with Crippen molar-refractivity contribution in [2.45, 2.75) is 6.92 Å². The van der Waals surface area contributed by atoms with Crippen LogP contribution in [-0.4, -0.2) is 25.6 Å². The number of aromatic nitrogens is 3. The van der Waals surface area contributed by atoms with Gasteiger partial charge < -0.3 is 11.1 Å². The smallest absolute Gasteiger partial charge is 0.288 e. The first-order valence-electron chi connectivity index (χ1n) is 5.60. The molecule has 0 saturated carbocycles. The number of aryl methyl sites for hydroxylation is 2. The van der Waals surface area contributed by atoms with Crippen molar-refractivity contribution in [3.63, 3.8) is 0 Å². The first kappa shape index (κ1) is 13.5. The van der Waals surface area contributed by atoms with E-state index in [9.17, 15) is 14.9 Å². The molecular weight excluding hydrogens is 264 g/mol. The van der Waals surface area contributed by atoms with Crippen molar-refractivity contribution < 1.29 is 9.72 Å². The van der Waals surface area contributed by atoms with Gasteiger partial charge in [-0.25, -0.2) is 4.98 Å². The van der Waals surface area contributed by atoms with E-state index in [4.69, 9.17) is 5.73 Å². The van der Waals surface area contributed by atoms with E-state index in [1.54, 1.807) is 17.8 Å². The second-order valence-electron chi connectivity index (χ2n) is 4.13. The summed E-state index contributed by atoms with van der Waals surface area (Å²) in [6.45, 7) is 1.86. The Bertz CT molecular complexity index is 674. The number of rotatable bonds is 4. The normalized spacial score (nSPS) is 10.3. The summed E-state index contributed by atoms with van der Waals surface area (Å²) in [5.74, 6) is -0.216. The predicted molar refractivity (Wildman–Crippen MR) is 70.6 cm³/mol. The van der Waals surface area contributed by atoms with E-state index in [0.29, 0.717) is 5.82 Å². The quantitative estimate of drug-likeness (QED) is 0.629. The van der Waals surface area contributed by atoms with Gasteiger partial charge in [-0.2, -0.15) is 5.10 Å². The third-order valence-electron chi connectivity index (χ3n) is 2.71. The Labute approximate surface area is 113 Å². The van der Waals surface area contributed by atoms with E-state index in [2.05, 4.69) is 15.4 Å². The number of carbonyl (C=O) groups is 1. The lowest BCUT2D eigenvalue weighted by Crippen LogP contribution is -2.15. The van der Waals surface area contributed by atoms with Crippen LogP contribution in [0.3, 0.4) is 0 Å². The highest BCUT2D eigenvalue weighted by atomic mass is 16.6. The fourth-order valence-electron chi connectivity index (χ4n) is 1.58. The number of nitrogens with two attached hydrogens (primary N) is 1. The van der Waals surface area contributed by atoms with Gasteiger partial charge in [0.25, 0.3) is 11.6 Å². The van der Waals surface area contributed by atoms with Crippen molar-refractivity contribution in [3.8, 4) is 0 Å². The van der Waals surface area contributed by atoms with Crippen LogP contribution >= 0.6 is 0 Å². The summed E-state index contributed by atoms with van der Waals surface area (Å²) >= 11 is 0. The van der Waals surface area contributed by atoms with E-state index in [0.717, 1.165) is 18.0 Å². The maximum Gasteiger partial charge on any atom is 0.288 e. The van der Waals surface area contributed by atoms with Gasteiger partial charge in [0, 0.05) is 24.9 Å². The largest absolute Gasteiger partial charge is 0.365 e. The average molecular weight is 276 g/mol. The summed E-state index contributed by atoms with van der Waals surface area (Å²) < 4.78 is 1.64. The lowest BCUT2D eigenvalue weighted by molar-refractivity contribution is -0.385. The van der Waals surface area contributed by atoms with E-state index in [1.165, 1.54) is 0 Å². The maximum absolute atomic E-state index is 11.4. The monoisotopic (exact) mass is 276 g/mol. The molecule has 0 bridgehead atoms. The first-order chi connectivity index (χ1) is 9.38. The SMILES string of the molecule is Cc1cc(Nc2ncc([N+](=O)[O-])cc2C(N)=O)nn1C. The number of hydrogen-bond acceptors (Lipinski definition) is 6. The number of primary amides is 1. The van der Waals surface area contributed by atoms with Gasteiger partial charge in [-0.1, -0.05) is 0 Å². The summed E-state index contributed by atoms with van der Waals surface area (Å²) in [6, 6.07) is 2.82. The zero-order valence-electron chi connectivity index (χ0n) is 10.8. The molecular formula is C11H12N6O3. The van der Waals surface area contributed by atoms with Gasteiger partial charge in [0.2, 0.25) is 0 Å². The molecule has 2 aromatic heterocycles. The fraction of sp³-hybridized carbons (Fsp3) is 0.182. The van der Waals surface area contributed by atoms with Crippen LogP contribution in [0.5, 0.6) is 0 Å². The van der Waals surface area contributed by atoms with Crippen molar-refractivity contribution in [3.05, 3.63) is 39.7 Å². The van der Waals surface area contributed by atoms with Gasteiger partial charge in [-0.3, -0.25) is 19.6 Å². The molecule has 1 amide bonds. The van der Waals surface area contributed by atoms with Crippen LogP contribution in [0.2, 0.25) is 0 Å². The molecule has 0 aliphatic rings. The number of nitro groups is 1. The van der Waals surface area contributed by atoms with Crippen molar-refractivity contribution in [1.82, 2.24) is 14.8 Å². The lowest BCUT2D eigenvalue weighted by Gasteiger charge is -2.06. The predicted octanol–water partition coefficient (Wildman–Crippen LogP) is 0.874. The molecule has 0 atom stereocenters. The van der Waals surface area contributed by atoms with Gasteiger partial charge in [-0.15, -0.1) is 0 Å². The number of anilines is 2. The molecule has 9 heteroatoms. The van der Waals surface area contributed by atoms with E-state index in [-0.39, 0.29) is 17.1 Å². The first-order valence-corrected chi connectivity index (χ1v) is 5.60. The second kappa shape index (κ2) is 4.96. The Morgan fingerprint density at radius 1 is 1.50 bits per heavy atom. The molecule has 0 aliphatic heterocycles. The molecule has 3 N–H and O–H groups in total. The van der Waals surface area contributed by atoms with E-state index >= 15 is 0 Å². The van der Waals surface area contributed by atoms with Crippen LogP contribution in [0.1, 0.15) is 16.1 Å². The van der Waals surface area contributed by atoms with Gasteiger partial charge in [0.15, 0.2) is 5.82 Å². The number of amides is 1. The molecule has 9 nitrogen and oxygen atoms in total. The summed E-state index contributed by atoms with van der Waals surface area (Å²) in [7, 11) is 1.76. The molecule has 2 aromatic rings. The molecule has 104 valence electrons. The molecule has 20 heavy (non-hydrogen) atoms. The minimum atomic E-state index is -0.809. The van der Waals surface area contributed by atoms with Crippen molar-refractivity contribution in [2.75, 3.05) is 5.32 Å². The van der Waals surface area contributed by atoms with E-state index in [1.807, 2.05) is 6.92 Å². The molecule has 0 aromatic carbocycles. The number of nitrogens with one attached hydrogen (secondary N) is 1. The number of hydrogen-bond donors (Lipinski definition) is 2. The van der Waals surface area contributed by atoms with Gasteiger partial charge in [0.05, 0.1) is 10.5 Å². The second-order valence-corrected chi connectivity index (χ2v) is 4.13. The third-order valence-corrected chi connectivity index (χ3v) is 2.71. The minimum absolute atomic E-state index is 0.0671. The maximum atomic E-state index is 11.4. The Balaban J connectivity index is 2.40. The van der Waals surface area contributed by atoms with Gasteiger partial charge in [0.1, 0.15) is 12.0 Å². The molecule has 0 aliphatic carbocycles. The fourth-order valence-corrected chi connectivity index (χ4v) is 1.58. The third kappa shape index (κ3) is 2.55. The average Bonchev–Trinajstić information content (AvgIpc) is 2.68. The summed E-state index contributed by atoms with van der Waals surface area (Å²) in [5.41, 5.74) is 5.73. The van der Waals surface area contributed by atoms with Crippen molar-refractivity contribution >= 4 is 23.2 Å².